The van der Waals surface area contributed by atoms with Crippen molar-refractivity contribution in [3.63, 3.8) is 0 Å². The van der Waals surface area contributed by atoms with Crippen LogP contribution in [0.3, 0.4) is 0 Å². The molecule has 0 fully saturated rings. The molecule has 1 unspecified atom stereocenters. The molecule has 0 aliphatic rings. The predicted molar refractivity (Wildman–Crippen MR) is 87.0 cm³/mol. The van der Waals surface area contributed by atoms with Crippen molar-refractivity contribution in [3.8, 4) is 0 Å². The van der Waals surface area contributed by atoms with Gasteiger partial charge in [0.15, 0.2) is 0 Å². The second-order valence-electron chi connectivity index (χ2n) is 5.20. The second-order valence-corrected chi connectivity index (χ2v) is 6.14. The van der Waals surface area contributed by atoms with Gasteiger partial charge in [0.2, 0.25) is 0 Å². The van der Waals surface area contributed by atoms with E-state index in [9.17, 15) is 0 Å². The maximum atomic E-state index is 4.32. The first-order valence-electron chi connectivity index (χ1n) is 7.48. The van der Waals surface area contributed by atoms with Crippen LogP contribution in [0.15, 0.2) is 35.8 Å². The number of aromatic nitrogens is 1. The molecule has 20 heavy (non-hydrogen) atoms. The molecule has 1 atom stereocenters. The molecule has 2 nitrogen and oxygen atoms in total. The maximum Gasteiger partial charge on any atom is 0.0798 e. The summed E-state index contributed by atoms with van der Waals surface area (Å²) in [5, 5.41) is 3.71. The molecule has 0 saturated heterocycles. The molecule has 0 radical (unpaired) electrons. The van der Waals surface area contributed by atoms with Gasteiger partial charge in [0, 0.05) is 17.5 Å². The molecule has 0 saturated carbocycles. The van der Waals surface area contributed by atoms with Gasteiger partial charge in [0.25, 0.3) is 0 Å². The zero-order valence-electron chi connectivity index (χ0n) is 12.4. The minimum absolute atomic E-state index is 0.448. The summed E-state index contributed by atoms with van der Waals surface area (Å²) in [4.78, 5) is 5.67. The van der Waals surface area contributed by atoms with Crippen molar-refractivity contribution in [2.75, 3.05) is 0 Å². The van der Waals surface area contributed by atoms with Crippen LogP contribution in [-0.2, 0) is 6.54 Å². The monoisotopic (exact) mass is 288 g/mol. The Labute approximate surface area is 126 Å². The van der Waals surface area contributed by atoms with Gasteiger partial charge in [-0.1, -0.05) is 56.5 Å². The van der Waals surface area contributed by atoms with E-state index in [1.807, 2.05) is 5.51 Å². The molecule has 108 valence electrons. The molecule has 0 spiro atoms. The van der Waals surface area contributed by atoms with Crippen LogP contribution in [-0.4, -0.2) is 4.98 Å². The van der Waals surface area contributed by atoms with E-state index < -0.39 is 0 Å². The van der Waals surface area contributed by atoms with E-state index in [1.165, 1.54) is 36.1 Å². The topological polar surface area (TPSA) is 24.9 Å². The maximum absolute atomic E-state index is 4.32. The van der Waals surface area contributed by atoms with Crippen LogP contribution in [0.1, 0.15) is 54.8 Å². The number of hydrogen-bond donors (Lipinski definition) is 1. The molecule has 1 heterocycles. The average molecular weight is 288 g/mol. The van der Waals surface area contributed by atoms with E-state index in [4.69, 9.17) is 0 Å². The highest BCUT2D eigenvalue weighted by molar-refractivity contribution is 7.09. The van der Waals surface area contributed by atoms with Crippen LogP contribution in [0.5, 0.6) is 0 Å². The van der Waals surface area contributed by atoms with Gasteiger partial charge in [-0.25, -0.2) is 4.98 Å². The van der Waals surface area contributed by atoms with E-state index in [-0.39, 0.29) is 0 Å². The molecule has 2 aromatic rings. The van der Waals surface area contributed by atoms with Crippen LogP contribution < -0.4 is 5.32 Å². The predicted octanol–water partition coefficient (Wildman–Crippen LogP) is 4.86. The summed E-state index contributed by atoms with van der Waals surface area (Å²) < 4.78 is 0. The SMILES string of the molecule is CCCCCC(NCc1scnc1C)c1ccccc1. The number of thiazole rings is 1. The third-order valence-electron chi connectivity index (χ3n) is 3.65. The lowest BCUT2D eigenvalue weighted by molar-refractivity contribution is 0.475. The van der Waals surface area contributed by atoms with Gasteiger partial charge in [-0.3, -0.25) is 0 Å². The molecule has 0 bridgehead atoms. The van der Waals surface area contributed by atoms with Gasteiger partial charge in [0.1, 0.15) is 0 Å². The smallest absolute Gasteiger partial charge is 0.0798 e. The Kier molecular flexibility index (Phi) is 6.22. The molecule has 0 aliphatic heterocycles. The minimum Gasteiger partial charge on any atom is -0.305 e. The minimum atomic E-state index is 0.448. The fourth-order valence-corrected chi connectivity index (χ4v) is 3.11. The first-order chi connectivity index (χ1) is 9.81. The summed E-state index contributed by atoms with van der Waals surface area (Å²) in [5.74, 6) is 0. The van der Waals surface area contributed by atoms with Crippen molar-refractivity contribution in [2.45, 2.75) is 52.1 Å². The van der Waals surface area contributed by atoms with E-state index >= 15 is 0 Å². The number of benzene rings is 1. The van der Waals surface area contributed by atoms with Crippen molar-refractivity contribution < 1.29 is 0 Å². The zero-order chi connectivity index (χ0) is 14.2. The molecule has 1 aromatic heterocycles. The summed E-state index contributed by atoms with van der Waals surface area (Å²) in [6.07, 6.45) is 5.07. The van der Waals surface area contributed by atoms with Gasteiger partial charge >= 0.3 is 0 Å². The van der Waals surface area contributed by atoms with Crippen molar-refractivity contribution in [1.82, 2.24) is 10.3 Å². The Balaban J connectivity index is 1.97. The quantitative estimate of drug-likeness (QED) is 0.701. The normalized spacial score (nSPS) is 12.5. The van der Waals surface area contributed by atoms with Crippen LogP contribution in [0.25, 0.3) is 0 Å². The summed E-state index contributed by atoms with van der Waals surface area (Å²) in [6.45, 7) is 5.26. The molecular weight excluding hydrogens is 264 g/mol. The van der Waals surface area contributed by atoms with Gasteiger partial charge < -0.3 is 5.32 Å². The van der Waals surface area contributed by atoms with Gasteiger partial charge in [-0.15, -0.1) is 11.3 Å². The zero-order valence-corrected chi connectivity index (χ0v) is 13.2. The third-order valence-corrected chi connectivity index (χ3v) is 4.59. The fourth-order valence-electron chi connectivity index (χ4n) is 2.38. The highest BCUT2D eigenvalue weighted by Gasteiger charge is 2.11. The van der Waals surface area contributed by atoms with Crippen LogP contribution in [0.4, 0.5) is 0 Å². The number of nitrogens with one attached hydrogen (secondary N) is 1. The average Bonchev–Trinajstić information content (AvgIpc) is 2.89. The number of aryl methyl sites for hydroxylation is 1. The lowest BCUT2D eigenvalue weighted by Crippen LogP contribution is -2.20. The van der Waals surface area contributed by atoms with Gasteiger partial charge in [0.05, 0.1) is 11.2 Å². The molecule has 0 aliphatic carbocycles. The highest BCUT2D eigenvalue weighted by Crippen LogP contribution is 2.21. The van der Waals surface area contributed by atoms with Gasteiger partial charge in [-0.05, 0) is 18.9 Å². The Morgan fingerprint density at radius 2 is 2.00 bits per heavy atom. The van der Waals surface area contributed by atoms with Crippen molar-refractivity contribution in [1.29, 1.82) is 0 Å². The number of nitrogens with zero attached hydrogens (tertiary/aromatic N) is 1. The third kappa shape index (κ3) is 4.43. The molecule has 0 amide bonds. The van der Waals surface area contributed by atoms with Crippen LogP contribution >= 0.6 is 11.3 Å². The summed E-state index contributed by atoms with van der Waals surface area (Å²) in [7, 11) is 0. The lowest BCUT2D eigenvalue weighted by atomic mass is 10.0. The van der Waals surface area contributed by atoms with Crippen molar-refractivity contribution in [2.24, 2.45) is 0 Å². The molecule has 2 rings (SSSR count). The largest absolute Gasteiger partial charge is 0.305 e. The van der Waals surface area contributed by atoms with Crippen LogP contribution in [0.2, 0.25) is 0 Å². The standard InChI is InChI=1S/C17H24N2S/c1-3-4-6-11-16(15-9-7-5-8-10-15)18-12-17-14(2)19-13-20-17/h5,7-10,13,16,18H,3-4,6,11-12H2,1-2H3. The Morgan fingerprint density at radius 1 is 1.20 bits per heavy atom. The van der Waals surface area contributed by atoms with E-state index in [0.717, 1.165) is 12.2 Å². The Morgan fingerprint density at radius 3 is 2.65 bits per heavy atom. The van der Waals surface area contributed by atoms with E-state index in [1.54, 1.807) is 11.3 Å². The van der Waals surface area contributed by atoms with Crippen molar-refractivity contribution >= 4 is 11.3 Å². The lowest BCUT2D eigenvalue weighted by Gasteiger charge is -2.19. The summed E-state index contributed by atoms with van der Waals surface area (Å²) >= 11 is 1.74. The Hall–Kier alpha value is -1.19. The van der Waals surface area contributed by atoms with Gasteiger partial charge in [-0.2, -0.15) is 0 Å². The fraction of sp³-hybridized carbons (Fsp3) is 0.471. The first kappa shape index (κ1) is 15.2. The molecular formula is C17H24N2S. The first-order valence-corrected chi connectivity index (χ1v) is 8.36. The highest BCUT2D eigenvalue weighted by atomic mass is 32.1. The van der Waals surface area contributed by atoms with E-state index in [0.29, 0.717) is 6.04 Å². The van der Waals surface area contributed by atoms with E-state index in [2.05, 4.69) is 54.5 Å². The molecule has 1 N–H and O–H groups in total. The summed E-state index contributed by atoms with van der Waals surface area (Å²) in [6, 6.07) is 11.2. The number of unbranched alkanes of at least 4 members (excludes halogenated alkanes) is 2. The van der Waals surface area contributed by atoms with Crippen LogP contribution in [0, 0.1) is 6.92 Å². The van der Waals surface area contributed by atoms with Crippen molar-refractivity contribution in [3.05, 3.63) is 52.0 Å². The number of hydrogen-bond acceptors (Lipinski definition) is 3. The molecule has 1 aromatic carbocycles. The molecule has 3 heteroatoms. The second kappa shape index (κ2) is 8.18. The Bertz CT molecular complexity index is 493. The summed E-state index contributed by atoms with van der Waals surface area (Å²) in [5.41, 5.74) is 4.48. The number of rotatable bonds is 8.